The maximum atomic E-state index is 12.3. The summed E-state index contributed by atoms with van der Waals surface area (Å²) in [6.45, 7) is 5.53. The fraction of sp³-hybridized carbons (Fsp3) is 0.261. The average Bonchev–Trinajstić information content (AvgIpc) is 2.71. The van der Waals surface area contributed by atoms with Crippen LogP contribution in [-0.4, -0.2) is 19.1 Å². The molecule has 27 heavy (non-hydrogen) atoms. The molecule has 0 saturated heterocycles. The van der Waals surface area contributed by atoms with Gasteiger partial charge in [0.1, 0.15) is 18.1 Å². The second-order valence-electron chi connectivity index (χ2n) is 6.31. The van der Waals surface area contributed by atoms with E-state index in [2.05, 4.69) is 17.4 Å². The van der Waals surface area contributed by atoms with Crippen LogP contribution in [0, 0.1) is 0 Å². The van der Waals surface area contributed by atoms with Crippen LogP contribution in [0.1, 0.15) is 36.2 Å². The van der Waals surface area contributed by atoms with Gasteiger partial charge < -0.3 is 14.8 Å². The Bertz CT molecular complexity index is 920. The van der Waals surface area contributed by atoms with Crippen molar-refractivity contribution in [3.05, 3.63) is 71.8 Å². The normalized spacial score (nSPS) is 10.6. The predicted octanol–water partition coefficient (Wildman–Crippen LogP) is 4.96. The molecule has 4 heteroatoms. The summed E-state index contributed by atoms with van der Waals surface area (Å²) in [7, 11) is 0. The Kier molecular flexibility index (Phi) is 6.31. The molecule has 3 aromatic carbocycles. The summed E-state index contributed by atoms with van der Waals surface area (Å²) >= 11 is 0. The van der Waals surface area contributed by atoms with Gasteiger partial charge in [-0.2, -0.15) is 0 Å². The molecule has 1 N–H and O–H groups in total. The second-order valence-corrected chi connectivity index (χ2v) is 6.31. The van der Waals surface area contributed by atoms with Gasteiger partial charge in [-0.3, -0.25) is 4.79 Å². The number of rotatable bonds is 8. The Labute approximate surface area is 160 Å². The maximum absolute atomic E-state index is 12.3. The van der Waals surface area contributed by atoms with Crippen molar-refractivity contribution < 1.29 is 14.3 Å². The Balaban J connectivity index is 1.79. The Morgan fingerprint density at radius 1 is 0.926 bits per heavy atom. The molecule has 0 bridgehead atoms. The molecule has 0 saturated carbocycles. The van der Waals surface area contributed by atoms with Crippen molar-refractivity contribution in [2.75, 3.05) is 13.2 Å². The molecule has 0 aromatic heterocycles. The van der Waals surface area contributed by atoms with Gasteiger partial charge in [0.15, 0.2) is 0 Å². The third kappa shape index (κ3) is 4.79. The van der Waals surface area contributed by atoms with Crippen molar-refractivity contribution in [3.63, 3.8) is 0 Å². The van der Waals surface area contributed by atoms with Crippen LogP contribution in [0.25, 0.3) is 10.8 Å². The molecule has 0 aliphatic carbocycles. The molecule has 140 valence electrons. The standard InChI is InChI=1S/C23H25NO3/c1-3-13-24-23(25)19-10-12-22(26-4-2)20(14-19)16-27-21-11-9-17-7-5-6-8-18(17)15-21/h5-12,14-15H,3-4,13,16H2,1-2H3,(H,24,25). The summed E-state index contributed by atoms with van der Waals surface area (Å²) in [4.78, 5) is 12.3. The lowest BCUT2D eigenvalue weighted by Gasteiger charge is -2.14. The summed E-state index contributed by atoms with van der Waals surface area (Å²) < 4.78 is 11.7. The van der Waals surface area contributed by atoms with E-state index in [1.165, 1.54) is 5.39 Å². The molecule has 0 fully saturated rings. The molecule has 4 nitrogen and oxygen atoms in total. The van der Waals surface area contributed by atoms with E-state index >= 15 is 0 Å². The summed E-state index contributed by atoms with van der Waals surface area (Å²) in [5.41, 5.74) is 1.47. The fourth-order valence-corrected chi connectivity index (χ4v) is 2.89. The molecular weight excluding hydrogens is 338 g/mol. The smallest absolute Gasteiger partial charge is 0.251 e. The number of carbonyl (C=O) groups is 1. The molecule has 0 heterocycles. The Morgan fingerprint density at radius 3 is 2.52 bits per heavy atom. The van der Waals surface area contributed by atoms with Crippen molar-refractivity contribution in [2.24, 2.45) is 0 Å². The lowest BCUT2D eigenvalue weighted by molar-refractivity contribution is 0.0953. The van der Waals surface area contributed by atoms with E-state index in [9.17, 15) is 4.79 Å². The molecule has 3 rings (SSSR count). The zero-order valence-electron chi connectivity index (χ0n) is 15.8. The van der Waals surface area contributed by atoms with E-state index in [-0.39, 0.29) is 5.91 Å². The number of benzene rings is 3. The van der Waals surface area contributed by atoms with Crippen LogP contribution in [0.5, 0.6) is 11.5 Å². The van der Waals surface area contributed by atoms with Crippen LogP contribution in [0.4, 0.5) is 0 Å². The van der Waals surface area contributed by atoms with Gasteiger partial charge in [-0.1, -0.05) is 37.3 Å². The number of hydrogen-bond acceptors (Lipinski definition) is 3. The molecule has 3 aromatic rings. The van der Waals surface area contributed by atoms with E-state index < -0.39 is 0 Å². The highest BCUT2D eigenvalue weighted by Gasteiger charge is 2.11. The minimum Gasteiger partial charge on any atom is -0.493 e. The third-order valence-corrected chi connectivity index (χ3v) is 4.27. The molecule has 0 unspecified atom stereocenters. The van der Waals surface area contributed by atoms with Crippen molar-refractivity contribution in [1.82, 2.24) is 5.32 Å². The second kappa shape index (κ2) is 9.08. The molecule has 0 radical (unpaired) electrons. The lowest BCUT2D eigenvalue weighted by Crippen LogP contribution is -2.24. The number of carbonyl (C=O) groups excluding carboxylic acids is 1. The first-order valence-electron chi connectivity index (χ1n) is 9.36. The zero-order valence-corrected chi connectivity index (χ0v) is 15.8. The third-order valence-electron chi connectivity index (χ3n) is 4.27. The van der Waals surface area contributed by atoms with Gasteiger partial charge in [0, 0.05) is 17.7 Å². The minimum absolute atomic E-state index is 0.0770. The first-order valence-corrected chi connectivity index (χ1v) is 9.36. The average molecular weight is 363 g/mol. The van der Waals surface area contributed by atoms with Crippen LogP contribution in [0.3, 0.4) is 0 Å². The number of hydrogen-bond donors (Lipinski definition) is 1. The molecule has 0 spiro atoms. The summed E-state index contributed by atoms with van der Waals surface area (Å²) in [6.07, 6.45) is 0.903. The SMILES string of the molecule is CCCNC(=O)c1ccc(OCC)c(COc2ccc3ccccc3c2)c1. The topological polar surface area (TPSA) is 47.6 Å². The summed E-state index contributed by atoms with van der Waals surface area (Å²) in [5.74, 6) is 1.45. The number of nitrogens with one attached hydrogen (secondary N) is 1. The van der Waals surface area contributed by atoms with Crippen LogP contribution in [0.15, 0.2) is 60.7 Å². The fourth-order valence-electron chi connectivity index (χ4n) is 2.89. The van der Waals surface area contributed by atoms with Gasteiger partial charge in [0.2, 0.25) is 0 Å². The van der Waals surface area contributed by atoms with Crippen molar-refractivity contribution in [1.29, 1.82) is 0 Å². The van der Waals surface area contributed by atoms with Gasteiger partial charge in [-0.05, 0) is 54.4 Å². The van der Waals surface area contributed by atoms with Crippen molar-refractivity contribution >= 4 is 16.7 Å². The van der Waals surface area contributed by atoms with Gasteiger partial charge in [0.05, 0.1) is 6.61 Å². The van der Waals surface area contributed by atoms with Gasteiger partial charge in [-0.25, -0.2) is 0 Å². The van der Waals surface area contributed by atoms with E-state index in [1.807, 2.05) is 56.3 Å². The number of amides is 1. The quantitative estimate of drug-likeness (QED) is 0.615. The van der Waals surface area contributed by atoms with Crippen LogP contribution in [-0.2, 0) is 6.61 Å². The van der Waals surface area contributed by atoms with Gasteiger partial charge in [-0.15, -0.1) is 0 Å². The van der Waals surface area contributed by atoms with Crippen LogP contribution >= 0.6 is 0 Å². The molecule has 1 amide bonds. The predicted molar refractivity (Wildman–Crippen MR) is 109 cm³/mol. The van der Waals surface area contributed by atoms with Crippen molar-refractivity contribution in [3.8, 4) is 11.5 Å². The molecule has 0 aliphatic heterocycles. The van der Waals surface area contributed by atoms with Crippen molar-refractivity contribution in [2.45, 2.75) is 26.9 Å². The van der Waals surface area contributed by atoms with Crippen LogP contribution < -0.4 is 14.8 Å². The van der Waals surface area contributed by atoms with E-state index in [1.54, 1.807) is 6.07 Å². The monoisotopic (exact) mass is 363 g/mol. The lowest BCUT2D eigenvalue weighted by atomic mass is 10.1. The molecule has 0 atom stereocenters. The van der Waals surface area contributed by atoms with Gasteiger partial charge in [0.25, 0.3) is 5.91 Å². The van der Waals surface area contributed by atoms with E-state index in [0.29, 0.717) is 25.3 Å². The highest BCUT2D eigenvalue weighted by Crippen LogP contribution is 2.25. The number of ether oxygens (including phenoxy) is 2. The van der Waals surface area contributed by atoms with E-state index in [0.717, 1.165) is 28.9 Å². The summed E-state index contributed by atoms with van der Waals surface area (Å²) in [5, 5.41) is 5.21. The zero-order chi connectivity index (χ0) is 19.1. The minimum atomic E-state index is -0.0770. The van der Waals surface area contributed by atoms with E-state index in [4.69, 9.17) is 9.47 Å². The highest BCUT2D eigenvalue weighted by atomic mass is 16.5. The first kappa shape index (κ1) is 18.8. The first-order chi connectivity index (χ1) is 13.2. The molecule has 0 aliphatic rings. The number of fused-ring (bicyclic) bond motifs is 1. The Hall–Kier alpha value is -3.01. The summed E-state index contributed by atoms with van der Waals surface area (Å²) in [6, 6.07) is 19.7. The Morgan fingerprint density at radius 2 is 1.74 bits per heavy atom. The maximum Gasteiger partial charge on any atom is 0.251 e. The largest absolute Gasteiger partial charge is 0.493 e. The van der Waals surface area contributed by atoms with Gasteiger partial charge >= 0.3 is 0 Å². The highest BCUT2D eigenvalue weighted by molar-refractivity contribution is 5.94. The molecular formula is C23H25NO3. The van der Waals surface area contributed by atoms with Crippen LogP contribution in [0.2, 0.25) is 0 Å².